The van der Waals surface area contributed by atoms with Gasteiger partial charge in [0.15, 0.2) is 0 Å². The number of likely N-dealkylation sites (tertiary alicyclic amines) is 1. The molecule has 1 heterocycles. The van der Waals surface area contributed by atoms with Crippen molar-refractivity contribution in [2.24, 2.45) is 5.73 Å². The van der Waals surface area contributed by atoms with Crippen LogP contribution in [-0.4, -0.2) is 56.9 Å². The molecule has 0 saturated carbocycles. The maximum Gasteiger partial charge on any atom is 0.322 e. The second kappa shape index (κ2) is 6.83. The normalized spacial score (nSPS) is 20.7. The van der Waals surface area contributed by atoms with Gasteiger partial charge in [0.2, 0.25) is 0 Å². The van der Waals surface area contributed by atoms with E-state index in [1.54, 1.807) is 7.11 Å². The minimum atomic E-state index is -0.495. The molecule has 0 aliphatic carbocycles. The third kappa shape index (κ3) is 4.08. The van der Waals surface area contributed by atoms with Gasteiger partial charge in [-0.25, -0.2) is 0 Å². The molecule has 1 rings (SSSR count). The van der Waals surface area contributed by atoms with Crippen molar-refractivity contribution in [3.63, 3.8) is 0 Å². The summed E-state index contributed by atoms with van der Waals surface area (Å²) in [6.07, 6.45) is 3.17. The first-order chi connectivity index (χ1) is 7.67. The molecule has 16 heavy (non-hydrogen) atoms. The summed E-state index contributed by atoms with van der Waals surface area (Å²) in [5.74, 6) is -0.327. The first-order valence-electron chi connectivity index (χ1n) is 5.76. The second-order valence-corrected chi connectivity index (χ2v) is 4.20. The van der Waals surface area contributed by atoms with E-state index in [4.69, 9.17) is 10.5 Å². The number of nitrogens with two attached hydrogens (primary N) is 1. The van der Waals surface area contributed by atoms with Crippen LogP contribution < -0.4 is 5.73 Å². The highest BCUT2D eigenvalue weighted by Crippen LogP contribution is 2.13. The summed E-state index contributed by atoms with van der Waals surface area (Å²) in [7, 11) is 3.12. The van der Waals surface area contributed by atoms with Crippen LogP contribution in [0.3, 0.4) is 0 Å². The molecule has 5 nitrogen and oxygen atoms in total. The van der Waals surface area contributed by atoms with Crippen LogP contribution in [0.1, 0.15) is 19.3 Å². The van der Waals surface area contributed by atoms with Crippen molar-refractivity contribution in [3.8, 4) is 0 Å². The number of hydrogen-bond donors (Lipinski definition) is 1. The van der Waals surface area contributed by atoms with Crippen molar-refractivity contribution in [2.75, 3.05) is 33.9 Å². The number of carbonyl (C=O) groups is 1. The van der Waals surface area contributed by atoms with Gasteiger partial charge in [-0.1, -0.05) is 0 Å². The Hall–Kier alpha value is -0.650. The number of methoxy groups -OCH3 is 2. The van der Waals surface area contributed by atoms with Gasteiger partial charge < -0.3 is 20.1 Å². The minimum absolute atomic E-state index is 0.327. The fourth-order valence-electron chi connectivity index (χ4n) is 1.96. The lowest BCUT2D eigenvalue weighted by atomic mass is 10.1. The molecule has 1 aliphatic rings. The molecule has 2 N–H and O–H groups in total. The van der Waals surface area contributed by atoms with Crippen LogP contribution in [0.5, 0.6) is 0 Å². The number of piperidine rings is 1. The molecule has 1 saturated heterocycles. The predicted molar refractivity (Wildman–Crippen MR) is 61.1 cm³/mol. The molecule has 0 aromatic carbocycles. The molecule has 0 aromatic rings. The van der Waals surface area contributed by atoms with Gasteiger partial charge in [0.25, 0.3) is 0 Å². The van der Waals surface area contributed by atoms with Crippen molar-refractivity contribution in [1.82, 2.24) is 4.90 Å². The number of carbonyl (C=O) groups excluding carboxylic acids is 1. The van der Waals surface area contributed by atoms with Gasteiger partial charge in [0.1, 0.15) is 6.04 Å². The molecular weight excluding hydrogens is 208 g/mol. The Labute approximate surface area is 96.9 Å². The molecule has 94 valence electrons. The molecule has 0 spiro atoms. The lowest BCUT2D eigenvalue weighted by Crippen LogP contribution is -2.41. The van der Waals surface area contributed by atoms with Gasteiger partial charge in [0, 0.05) is 26.7 Å². The summed E-state index contributed by atoms with van der Waals surface area (Å²) in [6, 6.07) is -0.495. The fraction of sp³-hybridized carbons (Fsp3) is 0.909. The van der Waals surface area contributed by atoms with E-state index >= 15 is 0 Å². The lowest BCUT2D eigenvalue weighted by molar-refractivity contribution is -0.142. The van der Waals surface area contributed by atoms with Crippen LogP contribution in [-0.2, 0) is 14.3 Å². The van der Waals surface area contributed by atoms with E-state index in [-0.39, 0.29) is 5.97 Å². The first kappa shape index (κ1) is 13.4. The van der Waals surface area contributed by atoms with E-state index in [0.29, 0.717) is 12.5 Å². The van der Waals surface area contributed by atoms with Gasteiger partial charge in [-0.15, -0.1) is 0 Å². The lowest BCUT2D eigenvalue weighted by Gasteiger charge is -2.31. The number of rotatable bonds is 5. The molecular formula is C11H22N2O3. The van der Waals surface area contributed by atoms with Gasteiger partial charge in [0.05, 0.1) is 13.2 Å². The van der Waals surface area contributed by atoms with Crippen LogP contribution in [0.2, 0.25) is 0 Å². The maximum absolute atomic E-state index is 11.1. The predicted octanol–water partition coefficient (Wildman–Crippen LogP) is -0.0124. The van der Waals surface area contributed by atoms with Crippen LogP contribution in [0, 0.1) is 0 Å². The van der Waals surface area contributed by atoms with Gasteiger partial charge >= 0.3 is 5.97 Å². The average Bonchev–Trinajstić information content (AvgIpc) is 2.35. The molecule has 1 aliphatic heterocycles. The van der Waals surface area contributed by atoms with Gasteiger partial charge in [-0.2, -0.15) is 0 Å². The van der Waals surface area contributed by atoms with E-state index < -0.39 is 6.04 Å². The van der Waals surface area contributed by atoms with Crippen LogP contribution >= 0.6 is 0 Å². The standard InChI is InChI=1S/C11H22N2O3/c1-15-9-3-6-13(7-4-9)8-5-10(12)11(14)16-2/h9-10H,3-8,12H2,1-2H3. The van der Waals surface area contributed by atoms with Gasteiger partial charge in [-0.05, 0) is 19.3 Å². The van der Waals surface area contributed by atoms with Crippen molar-refractivity contribution in [2.45, 2.75) is 31.4 Å². The Morgan fingerprint density at radius 1 is 1.44 bits per heavy atom. The van der Waals surface area contributed by atoms with Gasteiger partial charge in [-0.3, -0.25) is 4.79 Å². The number of nitrogens with zero attached hydrogens (tertiary/aromatic N) is 1. The second-order valence-electron chi connectivity index (χ2n) is 4.20. The summed E-state index contributed by atoms with van der Waals surface area (Å²) in [4.78, 5) is 13.4. The molecule has 1 atom stereocenters. The zero-order valence-electron chi connectivity index (χ0n) is 10.1. The van der Waals surface area contributed by atoms with E-state index in [0.717, 1.165) is 32.5 Å². The Morgan fingerprint density at radius 2 is 2.06 bits per heavy atom. The monoisotopic (exact) mass is 230 g/mol. The third-order valence-electron chi connectivity index (χ3n) is 3.13. The molecule has 0 amide bonds. The summed E-state index contributed by atoms with van der Waals surface area (Å²) in [5, 5.41) is 0. The van der Waals surface area contributed by atoms with Crippen molar-refractivity contribution < 1.29 is 14.3 Å². The summed E-state index contributed by atoms with van der Waals surface area (Å²) in [6.45, 7) is 2.89. The molecule has 0 radical (unpaired) electrons. The van der Waals surface area contributed by atoms with Crippen molar-refractivity contribution >= 4 is 5.97 Å². The molecule has 1 fully saturated rings. The average molecular weight is 230 g/mol. The third-order valence-corrected chi connectivity index (χ3v) is 3.13. The number of esters is 1. The number of ether oxygens (including phenoxy) is 2. The Bertz CT molecular complexity index is 215. The Balaban J connectivity index is 2.17. The molecule has 0 bridgehead atoms. The Kier molecular flexibility index (Phi) is 5.73. The molecule has 5 heteroatoms. The van der Waals surface area contributed by atoms with Crippen molar-refractivity contribution in [3.05, 3.63) is 0 Å². The summed E-state index contributed by atoms with van der Waals surface area (Å²) < 4.78 is 9.88. The van der Waals surface area contributed by atoms with E-state index in [1.807, 2.05) is 0 Å². The maximum atomic E-state index is 11.1. The minimum Gasteiger partial charge on any atom is -0.468 e. The molecule has 0 aromatic heterocycles. The topological polar surface area (TPSA) is 64.8 Å². The van der Waals surface area contributed by atoms with Crippen LogP contribution in [0.4, 0.5) is 0 Å². The van der Waals surface area contributed by atoms with Crippen LogP contribution in [0.25, 0.3) is 0 Å². The zero-order valence-corrected chi connectivity index (χ0v) is 10.1. The zero-order chi connectivity index (χ0) is 12.0. The van der Waals surface area contributed by atoms with Crippen molar-refractivity contribution in [1.29, 1.82) is 0 Å². The number of hydrogen-bond acceptors (Lipinski definition) is 5. The SMILES string of the molecule is COC(=O)C(N)CCN1CCC(OC)CC1. The quantitative estimate of drug-likeness (QED) is 0.673. The molecule has 1 unspecified atom stereocenters. The van der Waals surface area contributed by atoms with E-state index in [1.165, 1.54) is 7.11 Å². The van der Waals surface area contributed by atoms with Crippen LogP contribution in [0.15, 0.2) is 0 Å². The first-order valence-corrected chi connectivity index (χ1v) is 5.76. The highest BCUT2D eigenvalue weighted by atomic mass is 16.5. The largest absolute Gasteiger partial charge is 0.468 e. The fourth-order valence-corrected chi connectivity index (χ4v) is 1.96. The Morgan fingerprint density at radius 3 is 2.56 bits per heavy atom. The van der Waals surface area contributed by atoms with E-state index in [9.17, 15) is 4.79 Å². The smallest absolute Gasteiger partial charge is 0.322 e. The highest BCUT2D eigenvalue weighted by Gasteiger charge is 2.20. The summed E-state index contributed by atoms with van der Waals surface area (Å²) >= 11 is 0. The summed E-state index contributed by atoms with van der Waals surface area (Å²) in [5.41, 5.74) is 5.67. The van der Waals surface area contributed by atoms with E-state index in [2.05, 4.69) is 9.64 Å². The highest BCUT2D eigenvalue weighted by molar-refractivity contribution is 5.75.